The molecule has 3 atom stereocenters. The van der Waals surface area contributed by atoms with Crippen molar-refractivity contribution in [1.29, 1.82) is 0 Å². The molecule has 1 heterocycles. The van der Waals surface area contributed by atoms with Crippen LogP contribution in [0.15, 0.2) is 66.0 Å². The van der Waals surface area contributed by atoms with Crippen LogP contribution in [0.1, 0.15) is 28.2 Å². The fourth-order valence-electron chi connectivity index (χ4n) is 3.43. The monoisotopic (exact) mass is 439 g/mol. The molecule has 0 radical (unpaired) electrons. The number of hydrogen-bond acceptors (Lipinski definition) is 6. The molecule has 0 fully saturated rings. The number of carbonyl (C=O) groups excluding carboxylic acids is 1. The van der Waals surface area contributed by atoms with Gasteiger partial charge in [0.05, 0.1) is 22.8 Å². The summed E-state index contributed by atoms with van der Waals surface area (Å²) in [7, 11) is 0. The van der Waals surface area contributed by atoms with Crippen molar-refractivity contribution in [3.05, 3.63) is 87.9 Å². The van der Waals surface area contributed by atoms with Crippen molar-refractivity contribution in [2.45, 2.75) is 51.0 Å². The number of nitrogens with two attached hydrogens (primary N) is 1. The number of thiazole rings is 1. The highest BCUT2D eigenvalue weighted by Gasteiger charge is 2.24. The van der Waals surface area contributed by atoms with Crippen molar-refractivity contribution in [2.24, 2.45) is 5.73 Å². The van der Waals surface area contributed by atoms with Crippen LogP contribution in [-0.2, 0) is 24.2 Å². The molecule has 2 aromatic carbocycles. The zero-order valence-electron chi connectivity index (χ0n) is 17.6. The smallest absolute Gasteiger partial charge is 0.407 e. The molecule has 0 aliphatic rings. The molecule has 0 aliphatic heterocycles. The predicted octanol–water partition coefficient (Wildman–Crippen LogP) is 3.61. The summed E-state index contributed by atoms with van der Waals surface area (Å²) in [5, 5.41) is 16.5. The van der Waals surface area contributed by atoms with Gasteiger partial charge in [-0.05, 0) is 37.3 Å². The molecule has 1 aromatic heterocycles. The predicted molar refractivity (Wildman–Crippen MR) is 123 cm³/mol. The maximum atomic E-state index is 12.4. The molecule has 0 bridgehead atoms. The number of amides is 1. The quantitative estimate of drug-likeness (QED) is 0.448. The number of aromatic nitrogens is 1. The average Bonchev–Trinajstić information content (AvgIpc) is 3.18. The number of benzene rings is 2. The van der Waals surface area contributed by atoms with Gasteiger partial charge in [-0.3, -0.25) is 0 Å². The number of aryl methyl sites for hydroxylation is 1. The molecular weight excluding hydrogens is 410 g/mol. The Labute approximate surface area is 187 Å². The van der Waals surface area contributed by atoms with E-state index in [1.165, 1.54) is 11.3 Å². The Bertz CT molecular complexity index is 934. The Kier molecular flexibility index (Phi) is 8.58. The topological polar surface area (TPSA) is 97.5 Å². The summed E-state index contributed by atoms with van der Waals surface area (Å²) < 4.78 is 5.31. The van der Waals surface area contributed by atoms with Gasteiger partial charge < -0.3 is 20.9 Å². The first-order valence-corrected chi connectivity index (χ1v) is 11.2. The molecule has 0 saturated carbocycles. The van der Waals surface area contributed by atoms with E-state index in [-0.39, 0.29) is 12.6 Å². The SMILES string of the molecule is Cc1nc(COC(=O)N[C@@H](Cc2ccccc2)[C@@H](O)C[C@@H](N)Cc2ccccc2)cs1. The van der Waals surface area contributed by atoms with Crippen LogP contribution in [0.3, 0.4) is 0 Å². The normalized spacial score (nSPS) is 13.9. The van der Waals surface area contributed by atoms with Crippen molar-refractivity contribution in [3.63, 3.8) is 0 Å². The van der Waals surface area contributed by atoms with Gasteiger partial charge in [0.1, 0.15) is 6.61 Å². The second-order valence-electron chi connectivity index (χ2n) is 7.63. The molecule has 0 saturated heterocycles. The third-order valence-electron chi connectivity index (χ3n) is 4.97. The van der Waals surface area contributed by atoms with Crippen molar-refractivity contribution in [3.8, 4) is 0 Å². The molecule has 0 aliphatic carbocycles. The maximum absolute atomic E-state index is 12.4. The van der Waals surface area contributed by atoms with Crippen LogP contribution in [0.4, 0.5) is 4.79 Å². The maximum Gasteiger partial charge on any atom is 0.407 e. The van der Waals surface area contributed by atoms with Crippen LogP contribution >= 0.6 is 11.3 Å². The largest absolute Gasteiger partial charge is 0.443 e. The van der Waals surface area contributed by atoms with Crippen LogP contribution in [0, 0.1) is 6.92 Å². The lowest BCUT2D eigenvalue weighted by Crippen LogP contribution is -2.47. The lowest BCUT2D eigenvalue weighted by molar-refractivity contribution is 0.0918. The Balaban J connectivity index is 1.59. The van der Waals surface area contributed by atoms with Crippen LogP contribution in [0.2, 0.25) is 0 Å². The first kappa shape index (κ1) is 22.9. The Morgan fingerprint density at radius 1 is 1.10 bits per heavy atom. The van der Waals surface area contributed by atoms with E-state index in [1.807, 2.05) is 73.0 Å². The van der Waals surface area contributed by atoms with Gasteiger partial charge in [0.2, 0.25) is 0 Å². The minimum atomic E-state index is -0.812. The van der Waals surface area contributed by atoms with Gasteiger partial charge in [-0.2, -0.15) is 0 Å². The minimum Gasteiger partial charge on any atom is -0.443 e. The molecule has 3 aromatic rings. The summed E-state index contributed by atoms with van der Waals surface area (Å²) >= 11 is 1.51. The third kappa shape index (κ3) is 7.79. The number of nitrogens with zero attached hydrogens (tertiary/aromatic N) is 1. The van der Waals surface area contributed by atoms with E-state index >= 15 is 0 Å². The molecule has 1 amide bonds. The lowest BCUT2D eigenvalue weighted by atomic mass is 9.94. The summed E-state index contributed by atoms with van der Waals surface area (Å²) in [6.45, 7) is 2.00. The number of ether oxygens (including phenoxy) is 1. The van der Waals surface area contributed by atoms with Crippen molar-refractivity contribution in [2.75, 3.05) is 0 Å². The van der Waals surface area contributed by atoms with Gasteiger partial charge >= 0.3 is 6.09 Å². The minimum absolute atomic E-state index is 0.0951. The fourth-order valence-corrected chi connectivity index (χ4v) is 4.03. The summed E-state index contributed by atoms with van der Waals surface area (Å²) in [6.07, 6.45) is 0.0993. The van der Waals surface area contributed by atoms with E-state index in [2.05, 4.69) is 10.3 Å². The molecule has 0 unspecified atom stereocenters. The number of aliphatic hydroxyl groups excluding tert-OH is 1. The van der Waals surface area contributed by atoms with Gasteiger partial charge in [0.15, 0.2) is 0 Å². The summed E-state index contributed by atoms with van der Waals surface area (Å²) in [5.41, 5.74) is 9.14. The van der Waals surface area contributed by atoms with Gasteiger partial charge in [-0.1, -0.05) is 60.7 Å². The summed E-state index contributed by atoms with van der Waals surface area (Å²) in [6, 6.07) is 18.9. The highest BCUT2D eigenvalue weighted by atomic mass is 32.1. The van der Waals surface area contributed by atoms with E-state index in [0.29, 0.717) is 25.0 Å². The van der Waals surface area contributed by atoms with Crippen LogP contribution in [-0.4, -0.2) is 34.4 Å². The van der Waals surface area contributed by atoms with E-state index < -0.39 is 18.2 Å². The van der Waals surface area contributed by atoms with E-state index in [1.54, 1.807) is 0 Å². The fraction of sp³-hybridized carbons (Fsp3) is 0.333. The molecule has 164 valence electrons. The Morgan fingerprint density at radius 3 is 2.29 bits per heavy atom. The van der Waals surface area contributed by atoms with E-state index in [0.717, 1.165) is 16.1 Å². The van der Waals surface area contributed by atoms with E-state index in [9.17, 15) is 9.90 Å². The van der Waals surface area contributed by atoms with Gasteiger partial charge in [0, 0.05) is 11.4 Å². The zero-order valence-corrected chi connectivity index (χ0v) is 18.4. The van der Waals surface area contributed by atoms with Crippen LogP contribution in [0.5, 0.6) is 0 Å². The zero-order chi connectivity index (χ0) is 22.1. The number of alkyl carbamates (subject to hydrolysis) is 1. The average molecular weight is 440 g/mol. The number of nitrogens with one attached hydrogen (secondary N) is 1. The standard InChI is InChI=1S/C24H29N3O3S/c1-17-26-21(16-31-17)15-30-24(29)27-22(13-19-10-6-3-7-11-19)23(28)14-20(25)12-18-8-4-2-5-9-18/h2-11,16,20,22-23,28H,12-15,25H2,1H3,(H,27,29)/t20-,22-,23-/m0/s1. The molecule has 31 heavy (non-hydrogen) atoms. The van der Waals surface area contributed by atoms with Gasteiger partial charge in [-0.15, -0.1) is 11.3 Å². The van der Waals surface area contributed by atoms with Crippen LogP contribution in [0.25, 0.3) is 0 Å². The van der Waals surface area contributed by atoms with Crippen molar-refractivity contribution >= 4 is 17.4 Å². The molecule has 3 rings (SSSR count). The highest BCUT2D eigenvalue weighted by molar-refractivity contribution is 7.09. The van der Waals surface area contributed by atoms with Crippen molar-refractivity contribution in [1.82, 2.24) is 10.3 Å². The molecule has 7 heteroatoms. The summed E-state index contributed by atoms with van der Waals surface area (Å²) in [5.74, 6) is 0. The lowest BCUT2D eigenvalue weighted by Gasteiger charge is -2.26. The number of rotatable bonds is 10. The second-order valence-corrected chi connectivity index (χ2v) is 8.69. The Morgan fingerprint density at radius 2 is 1.71 bits per heavy atom. The molecule has 0 spiro atoms. The third-order valence-corrected chi connectivity index (χ3v) is 5.79. The number of carbonyl (C=O) groups is 1. The van der Waals surface area contributed by atoms with Gasteiger partial charge in [0.25, 0.3) is 0 Å². The number of aliphatic hydroxyl groups is 1. The first-order chi connectivity index (χ1) is 15.0. The second kappa shape index (κ2) is 11.6. The van der Waals surface area contributed by atoms with Crippen LogP contribution < -0.4 is 11.1 Å². The molecule has 4 N–H and O–H groups in total. The molecule has 6 nitrogen and oxygen atoms in total. The van der Waals surface area contributed by atoms with Crippen molar-refractivity contribution < 1.29 is 14.6 Å². The van der Waals surface area contributed by atoms with Gasteiger partial charge in [-0.25, -0.2) is 9.78 Å². The Hall–Kier alpha value is -2.74. The van der Waals surface area contributed by atoms with E-state index in [4.69, 9.17) is 10.5 Å². The summed E-state index contributed by atoms with van der Waals surface area (Å²) in [4.78, 5) is 16.7. The first-order valence-electron chi connectivity index (χ1n) is 10.4. The number of hydrogen-bond donors (Lipinski definition) is 3. The highest BCUT2D eigenvalue weighted by Crippen LogP contribution is 2.14. The molecular formula is C24H29N3O3S.